The van der Waals surface area contributed by atoms with Gasteiger partial charge in [0.25, 0.3) is 0 Å². The van der Waals surface area contributed by atoms with Crippen LogP contribution in [0.25, 0.3) is 34.4 Å². The molecule has 261 valence electrons. The van der Waals surface area contributed by atoms with Gasteiger partial charge in [-0.1, -0.05) is 0 Å². The second-order valence-corrected chi connectivity index (χ2v) is 36.6. The van der Waals surface area contributed by atoms with E-state index in [1.54, 1.807) is 33.4 Å². The van der Waals surface area contributed by atoms with Gasteiger partial charge in [0, 0.05) is 0 Å². The van der Waals surface area contributed by atoms with Crippen molar-refractivity contribution in [3.63, 3.8) is 0 Å². The van der Waals surface area contributed by atoms with Crippen LogP contribution in [0.4, 0.5) is 0 Å². The Morgan fingerprint density at radius 3 is 1.26 bits per heavy atom. The molecule has 0 bridgehead atoms. The predicted octanol–water partition coefficient (Wildman–Crippen LogP) is 14.3. The van der Waals surface area contributed by atoms with Crippen molar-refractivity contribution < 1.29 is 20.9 Å². The molecular formula is C48H61SiZr. The molecule has 0 saturated carbocycles. The topological polar surface area (TPSA) is 0 Å². The number of fused-ring (bicyclic) bond motifs is 2. The van der Waals surface area contributed by atoms with Gasteiger partial charge in [0.2, 0.25) is 0 Å². The van der Waals surface area contributed by atoms with Crippen molar-refractivity contribution in [2.75, 3.05) is 0 Å². The van der Waals surface area contributed by atoms with Crippen LogP contribution in [0.5, 0.6) is 0 Å². The molecule has 0 N–H and O–H groups in total. The Hall–Kier alpha value is -2.54. The molecule has 0 saturated heterocycles. The van der Waals surface area contributed by atoms with Gasteiger partial charge in [0.15, 0.2) is 0 Å². The number of hydrogen-bond donors (Lipinski definition) is 0. The summed E-state index contributed by atoms with van der Waals surface area (Å²) in [6, 6.07) is 33.3. The SMILES string of the molecule is CCC(C)c1ccccc1-c1cccc2c1C=C(CC(C)C)[CH]2[Zr]([CH]1C(CC(C)C)=Cc2c(-c3ccccc3C(C)CC)cccc21)[SiH](C)C. The Kier molecular flexibility index (Phi) is 11.9. The molecule has 2 aliphatic rings. The molecule has 4 aromatic rings. The first kappa shape index (κ1) is 37.2. The van der Waals surface area contributed by atoms with Gasteiger partial charge < -0.3 is 0 Å². The van der Waals surface area contributed by atoms with E-state index in [1.807, 2.05) is 0 Å². The van der Waals surface area contributed by atoms with Crippen LogP contribution < -0.4 is 0 Å². The van der Waals surface area contributed by atoms with Crippen molar-refractivity contribution in [2.45, 2.75) is 113 Å². The van der Waals surface area contributed by atoms with Gasteiger partial charge in [0.1, 0.15) is 0 Å². The summed E-state index contributed by atoms with van der Waals surface area (Å²) in [4.78, 5) is 0. The third kappa shape index (κ3) is 7.23. The Morgan fingerprint density at radius 1 is 0.520 bits per heavy atom. The fraction of sp³-hybridized carbons (Fsp3) is 0.417. The van der Waals surface area contributed by atoms with Crippen LogP contribution in [0.2, 0.25) is 13.1 Å². The van der Waals surface area contributed by atoms with Gasteiger partial charge in [0.05, 0.1) is 0 Å². The third-order valence-corrected chi connectivity index (χ3v) is 33.5. The van der Waals surface area contributed by atoms with Gasteiger partial charge in [-0.15, -0.1) is 0 Å². The number of allylic oxidation sites excluding steroid dienone is 2. The molecule has 0 heterocycles. The van der Waals surface area contributed by atoms with Crippen molar-refractivity contribution in [1.29, 1.82) is 0 Å². The summed E-state index contributed by atoms with van der Waals surface area (Å²) >= 11 is -2.27. The van der Waals surface area contributed by atoms with Gasteiger partial charge in [-0.25, -0.2) is 0 Å². The molecule has 4 unspecified atom stereocenters. The average molecular weight is 757 g/mol. The van der Waals surface area contributed by atoms with Crippen LogP contribution in [0.1, 0.15) is 134 Å². The van der Waals surface area contributed by atoms with E-state index in [4.69, 9.17) is 0 Å². The zero-order chi connectivity index (χ0) is 35.7. The Labute approximate surface area is 313 Å². The van der Waals surface area contributed by atoms with E-state index in [-0.39, 0.29) is 0 Å². The van der Waals surface area contributed by atoms with Crippen molar-refractivity contribution >= 4 is 18.1 Å². The fourth-order valence-electron chi connectivity index (χ4n) is 9.10. The first-order valence-electron chi connectivity index (χ1n) is 19.8. The molecule has 50 heavy (non-hydrogen) atoms. The minimum atomic E-state index is -2.27. The molecule has 4 atom stereocenters. The molecule has 2 aliphatic carbocycles. The van der Waals surface area contributed by atoms with E-state index in [9.17, 15) is 0 Å². The quantitative estimate of drug-likeness (QED) is 0.119. The van der Waals surface area contributed by atoms with E-state index in [0.717, 1.165) is 12.8 Å². The molecule has 0 nitrogen and oxygen atoms in total. The second-order valence-electron chi connectivity index (χ2n) is 16.6. The van der Waals surface area contributed by atoms with Crippen LogP contribution in [0.3, 0.4) is 0 Å². The molecule has 0 amide bonds. The third-order valence-electron chi connectivity index (χ3n) is 11.7. The number of hydrogen-bond acceptors (Lipinski definition) is 0. The summed E-state index contributed by atoms with van der Waals surface area (Å²) in [6.45, 7) is 24.7. The van der Waals surface area contributed by atoms with Gasteiger partial charge in [-0.2, -0.15) is 0 Å². The fourth-order valence-corrected chi connectivity index (χ4v) is 31.8. The van der Waals surface area contributed by atoms with Crippen LogP contribution in [0.15, 0.2) is 96.1 Å². The maximum absolute atomic E-state index is 2.73. The van der Waals surface area contributed by atoms with Crippen LogP contribution >= 0.6 is 0 Å². The number of rotatable bonds is 13. The van der Waals surface area contributed by atoms with Crippen molar-refractivity contribution in [1.82, 2.24) is 0 Å². The van der Waals surface area contributed by atoms with E-state index in [2.05, 4.69) is 166 Å². The van der Waals surface area contributed by atoms with Gasteiger partial charge in [-0.05, 0) is 0 Å². The number of benzene rings is 4. The molecule has 2 heteroatoms. The average Bonchev–Trinajstić information content (AvgIpc) is 3.64. The molecule has 0 aromatic heterocycles. The predicted molar refractivity (Wildman–Crippen MR) is 220 cm³/mol. The van der Waals surface area contributed by atoms with E-state index < -0.39 is 26.8 Å². The van der Waals surface area contributed by atoms with Gasteiger partial charge in [-0.3, -0.25) is 0 Å². The van der Waals surface area contributed by atoms with Crippen LogP contribution in [-0.2, 0) is 20.9 Å². The molecule has 0 fully saturated rings. The zero-order valence-corrected chi connectivity index (χ0v) is 36.2. The standard InChI is InChI=1S/2C23H27.C2H7Si.Zr/c2*1-5-17(4)20-10-6-7-11-21(20)22-12-8-9-19-14-18(13-16(2)3)15-23(19)22;1-3-2;/h2*6-12,14-17H,5,13H2,1-4H3;3H,1-2H3;. The van der Waals surface area contributed by atoms with Crippen molar-refractivity contribution in [2.24, 2.45) is 11.8 Å². The van der Waals surface area contributed by atoms with E-state index >= 15 is 0 Å². The molecule has 6 rings (SSSR count). The molecule has 0 spiro atoms. The van der Waals surface area contributed by atoms with E-state index in [1.165, 1.54) is 46.2 Å². The summed E-state index contributed by atoms with van der Waals surface area (Å²) in [7, 11) is 0. The summed E-state index contributed by atoms with van der Waals surface area (Å²) in [5, 5.41) is 0. The summed E-state index contributed by atoms with van der Waals surface area (Å²) in [5.41, 5.74) is 18.8. The minimum absolute atomic E-state index is 0.547. The Morgan fingerprint density at radius 2 is 0.900 bits per heavy atom. The van der Waals surface area contributed by atoms with Crippen molar-refractivity contribution in [3.8, 4) is 22.3 Å². The second kappa shape index (κ2) is 16.0. The first-order valence-corrected chi connectivity index (χ1v) is 29.8. The molecule has 4 aromatic carbocycles. The van der Waals surface area contributed by atoms with Gasteiger partial charge >= 0.3 is 316 Å². The molecule has 0 aliphatic heterocycles. The summed E-state index contributed by atoms with van der Waals surface area (Å²) in [6.07, 6.45) is 10.2. The monoisotopic (exact) mass is 755 g/mol. The summed E-state index contributed by atoms with van der Waals surface area (Å²) < 4.78 is 1.31. The molecular weight excluding hydrogens is 696 g/mol. The zero-order valence-electron chi connectivity index (χ0n) is 32.6. The molecule has 0 radical (unpaired) electrons. The maximum atomic E-state index is 2.73. The van der Waals surface area contributed by atoms with Crippen LogP contribution in [0, 0.1) is 11.8 Å². The normalized spacial score (nSPS) is 17.9. The Balaban J connectivity index is 1.55. The first-order chi connectivity index (χ1) is 24.0. The summed E-state index contributed by atoms with van der Waals surface area (Å²) in [5.74, 6) is 1.39. The van der Waals surface area contributed by atoms with Crippen LogP contribution in [-0.4, -0.2) is 5.92 Å². The van der Waals surface area contributed by atoms with E-state index in [0.29, 0.717) is 30.9 Å². The van der Waals surface area contributed by atoms with Crippen molar-refractivity contribution in [3.05, 3.63) is 129 Å². The Bertz CT molecular complexity index is 1740.